The summed E-state index contributed by atoms with van der Waals surface area (Å²) in [6.07, 6.45) is 0. The number of aromatic nitrogens is 1. The zero-order valence-electron chi connectivity index (χ0n) is 13.4. The van der Waals surface area contributed by atoms with E-state index in [0.717, 1.165) is 27.6 Å². The molecule has 116 valence electrons. The van der Waals surface area contributed by atoms with Gasteiger partial charge in [-0.3, -0.25) is 4.79 Å². The minimum atomic E-state index is 0.0186. The van der Waals surface area contributed by atoms with Crippen LogP contribution in [0.4, 0.5) is 0 Å². The third-order valence-electron chi connectivity index (χ3n) is 4.31. The highest BCUT2D eigenvalue weighted by molar-refractivity contribution is 6.17. The van der Waals surface area contributed by atoms with E-state index in [9.17, 15) is 4.79 Å². The summed E-state index contributed by atoms with van der Waals surface area (Å²) in [6.45, 7) is 2.02. The van der Waals surface area contributed by atoms with Crippen molar-refractivity contribution < 1.29 is 4.79 Å². The van der Waals surface area contributed by atoms with Gasteiger partial charge in [0.1, 0.15) is 0 Å². The fourth-order valence-electron chi connectivity index (χ4n) is 3.07. The van der Waals surface area contributed by atoms with Crippen molar-refractivity contribution in [3.8, 4) is 11.1 Å². The number of hydrogen-bond acceptors (Lipinski definition) is 1. The molecule has 4 rings (SSSR count). The molecule has 0 atom stereocenters. The van der Waals surface area contributed by atoms with Gasteiger partial charge >= 0.3 is 0 Å². The predicted octanol–water partition coefficient (Wildman–Crippen LogP) is 5.37. The quantitative estimate of drug-likeness (QED) is 0.507. The van der Waals surface area contributed by atoms with Crippen LogP contribution in [0.1, 0.15) is 21.6 Å². The van der Waals surface area contributed by atoms with Crippen molar-refractivity contribution in [3.63, 3.8) is 0 Å². The molecule has 1 aromatic heterocycles. The topological polar surface area (TPSA) is 32.9 Å². The molecule has 0 spiro atoms. The largest absolute Gasteiger partial charge is 0.351 e. The van der Waals surface area contributed by atoms with Gasteiger partial charge in [-0.05, 0) is 18.6 Å². The fourth-order valence-corrected chi connectivity index (χ4v) is 3.07. The molecule has 0 saturated heterocycles. The predicted molar refractivity (Wildman–Crippen MR) is 98.3 cm³/mol. The summed E-state index contributed by atoms with van der Waals surface area (Å²) >= 11 is 0. The van der Waals surface area contributed by atoms with Crippen molar-refractivity contribution in [2.75, 3.05) is 0 Å². The Labute approximate surface area is 140 Å². The lowest BCUT2D eigenvalue weighted by molar-refractivity contribution is 0.103. The number of benzene rings is 3. The number of ketones is 1. The maximum absolute atomic E-state index is 13.1. The number of rotatable bonds is 3. The van der Waals surface area contributed by atoms with Gasteiger partial charge < -0.3 is 4.98 Å². The molecule has 24 heavy (non-hydrogen) atoms. The number of carbonyl (C=O) groups is 1. The van der Waals surface area contributed by atoms with Crippen LogP contribution in [-0.2, 0) is 0 Å². The lowest BCUT2D eigenvalue weighted by Crippen LogP contribution is -2.03. The first-order valence-electron chi connectivity index (χ1n) is 8.01. The number of H-pyrrole nitrogens is 1. The summed E-state index contributed by atoms with van der Waals surface area (Å²) in [7, 11) is 0. The average molecular weight is 311 g/mol. The number of fused-ring (bicyclic) bond motifs is 1. The Kier molecular flexibility index (Phi) is 3.51. The Bertz CT molecular complexity index is 1010. The van der Waals surface area contributed by atoms with Gasteiger partial charge in [-0.1, -0.05) is 78.4 Å². The highest BCUT2D eigenvalue weighted by atomic mass is 16.1. The van der Waals surface area contributed by atoms with Crippen molar-refractivity contribution in [3.05, 3.63) is 95.7 Å². The summed E-state index contributed by atoms with van der Waals surface area (Å²) in [5.74, 6) is 0.0186. The minimum Gasteiger partial charge on any atom is -0.351 e. The van der Waals surface area contributed by atoms with Crippen LogP contribution in [0.15, 0.2) is 78.9 Å². The van der Waals surface area contributed by atoms with Gasteiger partial charge in [0.25, 0.3) is 0 Å². The molecule has 0 saturated carbocycles. The van der Waals surface area contributed by atoms with E-state index in [4.69, 9.17) is 0 Å². The molecule has 0 radical (unpaired) electrons. The molecule has 2 heteroatoms. The van der Waals surface area contributed by atoms with Crippen molar-refractivity contribution in [1.29, 1.82) is 0 Å². The van der Waals surface area contributed by atoms with E-state index < -0.39 is 0 Å². The van der Waals surface area contributed by atoms with Gasteiger partial charge in [0.05, 0.1) is 5.69 Å². The summed E-state index contributed by atoms with van der Waals surface area (Å²) in [5.41, 5.74) is 5.48. The first-order chi connectivity index (χ1) is 11.7. The number of carbonyl (C=O) groups excluding carboxylic acids is 1. The maximum atomic E-state index is 13.1. The van der Waals surface area contributed by atoms with Crippen molar-refractivity contribution in [1.82, 2.24) is 4.98 Å². The molecular formula is C22H17NO. The van der Waals surface area contributed by atoms with E-state index in [1.54, 1.807) is 0 Å². The lowest BCUT2D eigenvalue weighted by Gasteiger charge is -2.05. The Morgan fingerprint density at radius 2 is 1.46 bits per heavy atom. The van der Waals surface area contributed by atoms with E-state index in [-0.39, 0.29) is 5.78 Å². The first-order valence-corrected chi connectivity index (χ1v) is 8.01. The lowest BCUT2D eigenvalue weighted by atomic mass is 9.97. The molecule has 4 aromatic rings. The molecule has 3 aromatic carbocycles. The van der Waals surface area contributed by atoms with Crippen LogP contribution in [-0.4, -0.2) is 10.8 Å². The van der Waals surface area contributed by atoms with Gasteiger partial charge in [-0.15, -0.1) is 0 Å². The Morgan fingerprint density at radius 1 is 0.792 bits per heavy atom. The number of hydrogen-bond donors (Lipinski definition) is 1. The minimum absolute atomic E-state index is 0.0186. The molecule has 0 amide bonds. The van der Waals surface area contributed by atoms with Crippen LogP contribution in [0.2, 0.25) is 0 Å². The number of aryl methyl sites for hydroxylation is 1. The summed E-state index contributed by atoms with van der Waals surface area (Å²) in [5, 5.41) is 1.07. The van der Waals surface area contributed by atoms with Crippen LogP contribution < -0.4 is 0 Å². The summed E-state index contributed by atoms with van der Waals surface area (Å²) in [4.78, 5) is 16.4. The second kappa shape index (κ2) is 5.82. The molecule has 0 unspecified atom stereocenters. The summed E-state index contributed by atoms with van der Waals surface area (Å²) < 4.78 is 0. The average Bonchev–Trinajstić information content (AvgIpc) is 3.02. The third kappa shape index (κ3) is 2.42. The van der Waals surface area contributed by atoms with Crippen molar-refractivity contribution >= 4 is 16.7 Å². The fraction of sp³-hybridized carbons (Fsp3) is 0.0455. The van der Waals surface area contributed by atoms with E-state index in [1.807, 2.05) is 79.7 Å². The van der Waals surface area contributed by atoms with Crippen molar-refractivity contribution in [2.24, 2.45) is 0 Å². The third-order valence-corrected chi connectivity index (χ3v) is 4.31. The van der Waals surface area contributed by atoms with Crippen LogP contribution in [0, 0.1) is 6.92 Å². The normalized spacial score (nSPS) is 10.9. The summed E-state index contributed by atoms with van der Waals surface area (Å²) in [6, 6.07) is 25.8. The zero-order chi connectivity index (χ0) is 16.5. The van der Waals surface area contributed by atoms with Crippen LogP contribution in [0.3, 0.4) is 0 Å². The molecule has 0 aliphatic carbocycles. The Hall–Kier alpha value is -3.13. The highest BCUT2D eigenvalue weighted by Gasteiger charge is 2.20. The zero-order valence-corrected chi connectivity index (χ0v) is 13.4. The number of nitrogens with one attached hydrogen (secondary N) is 1. The molecule has 0 aliphatic heterocycles. The standard InChI is InChI=1S/C22H17NO/c1-15-11-13-17(14-12-15)22(24)21-20(16-7-3-2-4-8-16)18-9-5-6-10-19(18)23-21/h2-14,23H,1H3. The Morgan fingerprint density at radius 3 is 2.21 bits per heavy atom. The van der Waals surface area contributed by atoms with E-state index in [1.165, 1.54) is 0 Å². The van der Waals surface area contributed by atoms with Gasteiger partial charge in [-0.25, -0.2) is 0 Å². The second-order valence-electron chi connectivity index (χ2n) is 5.98. The van der Waals surface area contributed by atoms with Crippen LogP contribution >= 0.6 is 0 Å². The second-order valence-corrected chi connectivity index (χ2v) is 5.98. The van der Waals surface area contributed by atoms with Gasteiger partial charge in [-0.2, -0.15) is 0 Å². The van der Waals surface area contributed by atoms with Crippen LogP contribution in [0.25, 0.3) is 22.0 Å². The van der Waals surface area contributed by atoms with Crippen LogP contribution in [0.5, 0.6) is 0 Å². The van der Waals surface area contributed by atoms with E-state index >= 15 is 0 Å². The monoisotopic (exact) mass is 311 g/mol. The number of para-hydroxylation sites is 1. The molecule has 2 nitrogen and oxygen atoms in total. The molecule has 1 N–H and O–H groups in total. The maximum Gasteiger partial charge on any atom is 0.209 e. The first kappa shape index (κ1) is 14.5. The number of aromatic amines is 1. The molecular weight excluding hydrogens is 294 g/mol. The van der Waals surface area contributed by atoms with Gasteiger partial charge in [0.15, 0.2) is 0 Å². The highest BCUT2D eigenvalue weighted by Crippen LogP contribution is 2.33. The molecule has 1 heterocycles. The van der Waals surface area contributed by atoms with E-state index in [2.05, 4.69) is 11.1 Å². The molecule has 0 bridgehead atoms. The van der Waals surface area contributed by atoms with Crippen molar-refractivity contribution in [2.45, 2.75) is 6.92 Å². The Balaban J connectivity index is 1.95. The van der Waals surface area contributed by atoms with E-state index in [0.29, 0.717) is 11.3 Å². The smallest absolute Gasteiger partial charge is 0.209 e. The molecule has 0 aliphatic rings. The van der Waals surface area contributed by atoms with Gasteiger partial charge in [0.2, 0.25) is 5.78 Å². The van der Waals surface area contributed by atoms with Gasteiger partial charge in [0, 0.05) is 22.0 Å². The SMILES string of the molecule is Cc1ccc(C(=O)c2[nH]c3ccccc3c2-c2ccccc2)cc1. The molecule has 0 fully saturated rings.